The third-order valence-electron chi connectivity index (χ3n) is 5.41. The third kappa shape index (κ3) is 3.92. The van der Waals surface area contributed by atoms with Crippen LogP contribution in [0.1, 0.15) is 30.4 Å². The SMILES string of the molecule is O=C1C=C(c2ccccc2)C[C@H](C(=O)N2CC=C(c3ccccc3)CC2)C1. The summed E-state index contributed by atoms with van der Waals surface area (Å²) in [5.74, 6) is -0.0893. The van der Waals surface area contributed by atoms with E-state index in [1.807, 2.05) is 53.4 Å². The van der Waals surface area contributed by atoms with Gasteiger partial charge in [-0.3, -0.25) is 9.59 Å². The van der Waals surface area contributed by atoms with Gasteiger partial charge in [0.05, 0.1) is 0 Å². The van der Waals surface area contributed by atoms with Crippen LogP contribution >= 0.6 is 0 Å². The molecule has 1 aliphatic carbocycles. The summed E-state index contributed by atoms with van der Waals surface area (Å²) in [4.78, 5) is 27.2. The van der Waals surface area contributed by atoms with E-state index in [1.165, 1.54) is 11.1 Å². The van der Waals surface area contributed by atoms with Crippen molar-refractivity contribution in [3.05, 3.63) is 83.9 Å². The van der Waals surface area contributed by atoms with E-state index in [9.17, 15) is 9.59 Å². The monoisotopic (exact) mass is 357 g/mol. The van der Waals surface area contributed by atoms with Crippen LogP contribution in [-0.4, -0.2) is 29.7 Å². The normalized spacial score (nSPS) is 20.1. The summed E-state index contributed by atoms with van der Waals surface area (Å²) >= 11 is 0. The number of hydrogen-bond donors (Lipinski definition) is 0. The number of rotatable bonds is 3. The lowest BCUT2D eigenvalue weighted by Gasteiger charge is -2.31. The largest absolute Gasteiger partial charge is 0.338 e. The highest BCUT2D eigenvalue weighted by atomic mass is 16.2. The summed E-state index contributed by atoms with van der Waals surface area (Å²) in [6.45, 7) is 1.34. The summed E-state index contributed by atoms with van der Waals surface area (Å²) in [6, 6.07) is 20.2. The summed E-state index contributed by atoms with van der Waals surface area (Å²) in [6.07, 6.45) is 5.68. The number of benzene rings is 2. The minimum absolute atomic E-state index is 0.0518. The van der Waals surface area contributed by atoms with E-state index in [-0.39, 0.29) is 17.6 Å². The molecule has 0 radical (unpaired) electrons. The van der Waals surface area contributed by atoms with Crippen LogP contribution in [0.15, 0.2) is 72.8 Å². The number of ketones is 1. The maximum absolute atomic E-state index is 13.0. The van der Waals surface area contributed by atoms with Crippen molar-refractivity contribution >= 4 is 22.8 Å². The lowest BCUT2D eigenvalue weighted by atomic mass is 9.84. The van der Waals surface area contributed by atoms with Crippen LogP contribution in [0.2, 0.25) is 0 Å². The average molecular weight is 357 g/mol. The zero-order chi connectivity index (χ0) is 18.6. The van der Waals surface area contributed by atoms with Gasteiger partial charge in [-0.25, -0.2) is 0 Å². The van der Waals surface area contributed by atoms with Crippen LogP contribution in [0.4, 0.5) is 0 Å². The van der Waals surface area contributed by atoms with Gasteiger partial charge < -0.3 is 4.90 Å². The maximum Gasteiger partial charge on any atom is 0.226 e. The summed E-state index contributed by atoms with van der Waals surface area (Å²) < 4.78 is 0. The predicted octanol–water partition coefficient (Wildman–Crippen LogP) is 4.37. The summed E-state index contributed by atoms with van der Waals surface area (Å²) in [7, 11) is 0. The highest BCUT2D eigenvalue weighted by molar-refractivity contribution is 6.02. The average Bonchev–Trinajstić information content (AvgIpc) is 2.74. The van der Waals surface area contributed by atoms with Crippen molar-refractivity contribution in [1.29, 1.82) is 0 Å². The molecule has 0 spiro atoms. The highest BCUT2D eigenvalue weighted by Crippen LogP contribution is 2.31. The number of hydrogen-bond acceptors (Lipinski definition) is 2. The van der Waals surface area contributed by atoms with Gasteiger partial charge in [-0.15, -0.1) is 0 Å². The van der Waals surface area contributed by atoms with E-state index in [2.05, 4.69) is 18.2 Å². The zero-order valence-corrected chi connectivity index (χ0v) is 15.3. The Morgan fingerprint density at radius 1 is 0.852 bits per heavy atom. The highest BCUT2D eigenvalue weighted by Gasteiger charge is 2.31. The molecular formula is C24H23NO2. The standard InChI is InChI=1S/C24H23NO2/c26-23-16-21(19-9-5-2-6-10-19)15-22(17-23)24(27)25-13-11-20(12-14-25)18-7-3-1-4-8-18/h1-11,16,22H,12-15,17H2/t22-/m0/s1. The van der Waals surface area contributed by atoms with Crippen LogP contribution in [0.5, 0.6) is 0 Å². The van der Waals surface area contributed by atoms with Gasteiger partial charge in [-0.2, -0.15) is 0 Å². The van der Waals surface area contributed by atoms with Gasteiger partial charge in [-0.05, 0) is 41.2 Å². The second-order valence-electron chi connectivity index (χ2n) is 7.24. The van der Waals surface area contributed by atoms with Crippen LogP contribution in [-0.2, 0) is 9.59 Å². The van der Waals surface area contributed by atoms with Gasteiger partial charge in [0.1, 0.15) is 0 Å². The molecule has 0 saturated heterocycles. The minimum atomic E-state index is -0.246. The molecule has 2 aromatic rings. The van der Waals surface area contributed by atoms with Crippen molar-refractivity contribution < 1.29 is 9.59 Å². The Balaban J connectivity index is 1.45. The lowest BCUT2D eigenvalue weighted by Crippen LogP contribution is -2.40. The molecular weight excluding hydrogens is 334 g/mol. The number of amides is 1. The van der Waals surface area contributed by atoms with E-state index in [4.69, 9.17) is 0 Å². The molecule has 1 amide bonds. The summed E-state index contributed by atoms with van der Waals surface area (Å²) in [5.41, 5.74) is 4.53. The van der Waals surface area contributed by atoms with Crippen molar-refractivity contribution in [2.45, 2.75) is 19.3 Å². The van der Waals surface area contributed by atoms with E-state index in [0.29, 0.717) is 25.9 Å². The Bertz CT molecular complexity index is 896. The molecule has 3 heteroatoms. The van der Waals surface area contributed by atoms with Crippen molar-refractivity contribution in [1.82, 2.24) is 4.90 Å². The Kier molecular flexibility index (Phi) is 5.01. The first-order chi connectivity index (χ1) is 13.2. The quantitative estimate of drug-likeness (QED) is 0.818. The molecule has 0 saturated carbocycles. The topological polar surface area (TPSA) is 37.4 Å². The molecule has 27 heavy (non-hydrogen) atoms. The first-order valence-corrected chi connectivity index (χ1v) is 9.53. The van der Waals surface area contributed by atoms with Crippen molar-refractivity contribution in [3.63, 3.8) is 0 Å². The second-order valence-corrected chi connectivity index (χ2v) is 7.24. The van der Waals surface area contributed by atoms with E-state index in [1.54, 1.807) is 6.08 Å². The van der Waals surface area contributed by atoms with Crippen LogP contribution in [0.25, 0.3) is 11.1 Å². The molecule has 0 N–H and O–H groups in total. The Hall–Kier alpha value is -2.94. The van der Waals surface area contributed by atoms with Crippen molar-refractivity contribution in [2.24, 2.45) is 5.92 Å². The fraction of sp³-hybridized carbons (Fsp3) is 0.250. The van der Waals surface area contributed by atoms with Crippen molar-refractivity contribution in [3.8, 4) is 0 Å². The fourth-order valence-corrected chi connectivity index (χ4v) is 3.96. The number of carbonyl (C=O) groups is 2. The molecule has 136 valence electrons. The molecule has 0 aromatic heterocycles. The Morgan fingerprint density at radius 2 is 1.48 bits per heavy atom. The van der Waals surface area contributed by atoms with Crippen LogP contribution in [0.3, 0.4) is 0 Å². The summed E-state index contributed by atoms with van der Waals surface area (Å²) in [5, 5.41) is 0. The molecule has 3 nitrogen and oxygen atoms in total. The molecule has 0 fully saturated rings. The third-order valence-corrected chi connectivity index (χ3v) is 5.41. The minimum Gasteiger partial charge on any atom is -0.338 e. The second kappa shape index (κ2) is 7.75. The Morgan fingerprint density at radius 3 is 2.07 bits per heavy atom. The number of nitrogens with zero attached hydrogens (tertiary/aromatic N) is 1. The number of allylic oxidation sites excluding steroid dienone is 2. The molecule has 2 aromatic carbocycles. The first kappa shape index (κ1) is 17.5. The smallest absolute Gasteiger partial charge is 0.226 e. The first-order valence-electron chi connectivity index (χ1n) is 9.53. The van der Waals surface area contributed by atoms with Gasteiger partial charge >= 0.3 is 0 Å². The van der Waals surface area contributed by atoms with Gasteiger partial charge in [-0.1, -0.05) is 66.7 Å². The molecule has 1 aliphatic heterocycles. The van der Waals surface area contributed by atoms with Gasteiger partial charge in [0.2, 0.25) is 5.91 Å². The molecule has 1 atom stereocenters. The molecule has 0 unspecified atom stereocenters. The zero-order valence-electron chi connectivity index (χ0n) is 15.3. The van der Waals surface area contributed by atoms with Crippen molar-refractivity contribution in [2.75, 3.05) is 13.1 Å². The van der Waals surface area contributed by atoms with E-state index in [0.717, 1.165) is 17.6 Å². The van der Waals surface area contributed by atoms with E-state index >= 15 is 0 Å². The molecule has 4 rings (SSSR count). The van der Waals surface area contributed by atoms with Crippen LogP contribution < -0.4 is 0 Å². The lowest BCUT2D eigenvalue weighted by molar-refractivity contribution is -0.137. The molecule has 1 heterocycles. The predicted molar refractivity (Wildman–Crippen MR) is 108 cm³/mol. The van der Waals surface area contributed by atoms with E-state index < -0.39 is 0 Å². The van der Waals surface area contributed by atoms with Gasteiger partial charge in [0.15, 0.2) is 5.78 Å². The van der Waals surface area contributed by atoms with Gasteiger partial charge in [0.25, 0.3) is 0 Å². The molecule has 2 aliphatic rings. The molecule has 0 bridgehead atoms. The van der Waals surface area contributed by atoms with Crippen LogP contribution in [0, 0.1) is 5.92 Å². The Labute approximate surface area is 160 Å². The maximum atomic E-state index is 13.0. The van der Waals surface area contributed by atoms with Gasteiger partial charge in [0, 0.05) is 25.4 Å². The fourth-order valence-electron chi connectivity index (χ4n) is 3.96. The number of carbonyl (C=O) groups excluding carboxylic acids is 2.